The van der Waals surface area contributed by atoms with Gasteiger partial charge in [-0.15, -0.1) is 11.6 Å². The highest BCUT2D eigenvalue weighted by atomic mass is 35.5. The van der Waals surface area contributed by atoms with Crippen molar-refractivity contribution in [3.63, 3.8) is 0 Å². The van der Waals surface area contributed by atoms with Crippen LogP contribution in [0.2, 0.25) is 0 Å². The Bertz CT molecular complexity index is 288. The molecule has 0 aromatic rings. The molecule has 0 unspecified atom stereocenters. The van der Waals surface area contributed by atoms with Crippen molar-refractivity contribution in [2.24, 2.45) is 5.41 Å². The minimum absolute atomic E-state index is 0.0541. The summed E-state index contributed by atoms with van der Waals surface area (Å²) in [5, 5.41) is 0. The van der Waals surface area contributed by atoms with Crippen LogP contribution >= 0.6 is 11.6 Å². The monoisotopic (exact) mass is 256 g/mol. The van der Waals surface area contributed by atoms with Gasteiger partial charge in [0.1, 0.15) is 0 Å². The van der Waals surface area contributed by atoms with E-state index < -0.39 is 10.2 Å². The largest absolute Gasteiger partial charge is 0.279 e. The molecule has 4 nitrogen and oxygen atoms in total. The Kier molecular flexibility index (Phi) is 5.54. The normalized spacial score (nSPS) is 13.9. The lowest BCUT2D eigenvalue weighted by Crippen LogP contribution is -2.45. The van der Waals surface area contributed by atoms with E-state index in [4.69, 9.17) is 11.6 Å². The minimum Gasteiger partial charge on any atom is -0.202 e. The van der Waals surface area contributed by atoms with E-state index in [2.05, 4.69) is 4.72 Å². The van der Waals surface area contributed by atoms with Crippen LogP contribution in [0.3, 0.4) is 0 Å². The molecule has 0 aliphatic rings. The molecule has 0 rings (SSSR count). The number of halogens is 1. The molecular weight excluding hydrogens is 236 g/mol. The fourth-order valence-electron chi connectivity index (χ4n) is 0.713. The summed E-state index contributed by atoms with van der Waals surface area (Å²) >= 11 is 5.72. The standard InChI is InChI=1S/C9H21ClN2O2S/c1-8(2)12(5)15(13,14)11-7-9(3,4)6-10/h8,11H,6-7H2,1-5H3. The van der Waals surface area contributed by atoms with E-state index in [1.165, 1.54) is 4.31 Å². The predicted octanol–water partition coefficient (Wildman–Crippen LogP) is 1.43. The highest BCUT2D eigenvalue weighted by molar-refractivity contribution is 7.87. The Morgan fingerprint density at radius 2 is 1.87 bits per heavy atom. The number of nitrogens with one attached hydrogen (secondary N) is 1. The van der Waals surface area contributed by atoms with Gasteiger partial charge >= 0.3 is 0 Å². The fourth-order valence-corrected chi connectivity index (χ4v) is 2.14. The van der Waals surface area contributed by atoms with Gasteiger partial charge < -0.3 is 0 Å². The van der Waals surface area contributed by atoms with Gasteiger partial charge in [0.2, 0.25) is 0 Å². The molecule has 0 bridgehead atoms. The Labute approximate surface area is 98.2 Å². The van der Waals surface area contributed by atoms with E-state index in [-0.39, 0.29) is 11.5 Å². The molecule has 0 aromatic heterocycles. The van der Waals surface area contributed by atoms with Gasteiger partial charge in [-0.2, -0.15) is 12.7 Å². The number of hydrogen-bond acceptors (Lipinski definition) is 2. The maximum Gasteiger partial charge on any atom is 0.279 e. The van der Waals surface area contributed by atoms with Crippen LogP contribution in [0.1, 0.15) is 27.7 Å². The summed E-state index contributed by atoms with van der Waals surface area (Å²) in [5.74, 6) is 0.418. The Morgan fingerprint density at radius 1 is 1.40 bits per heavy atom. The Hall–Kier alpha value is 0.160. The lowest BCUT2D eigenvalue weighted by molar-refractivity contribution is 0.376. The van der Waals surface area contributed by atoms with Gasteiger partial charge in [0, 0.05) is 25.5 Å². The van der Waals surface area contributed by atoms with Crippen molar-refractivity contribution < 1.29 is 8.42 Å². The van der Waals surface area contributed by atoms with Gasteiger partial charge in [0.25, 0.3) is 10.2 Å². The lowest BCUT2D eigenvalue weighted by atomic mass is 9.97. The van der Waals surface area contributed by atoms with Crippen molar-refractivity contribution in [1.82, 2.24) is 9.03 Å². The van der Waals surface area contributed by atoms with E-state index >= 15 is 0 Å². The number of hydrogen-bond donors (Lipinski definition) is 1. The molecule has 0 saturated heterocycles. The molecule has 15 heavy (non-hydrogen) atoms. The van der Waals surface area contributed by atoms with Crippen molar-refractivity contribution in [3.05, 3.63) is 0 Å². The van der Waals surface area contributed by atoms with Crippen molar-refractivity contribution >= 4 is 21.8 Å². The van der Waals surface area contributed by atoms with E-state index in [1.54, 1.807) is 7.05 Å². The summed E-state index contributed by atoms with van der Waals surface area (Å²) in [6.07, 6.45) is 0. The number of rotatable bonds is 6. The molecule has 1 N–H and O–H groups in total. The second kappa shape index (κ2) is 5.48. The molecule has 0 spiro atoms. The first kappa shape index (κ1) is 15.2. The van der Waals surface area contributed by atoms with Crippen LogP contribution in [-0.4, -0.2) is 38.2 Å². The van der Waals surface area contributed by atoms with Gasteiger partial charge in [-0.1, -0.05) is 13.8 Å². The van der Waals surface area contributed by atoms with Crippen LogP contribution in [0.4, 0.5) is 0 Å². The van der Waals surface area contributed by atoms with Crippen molar-refractivity contribution in [2.45, 2.75) is 33.7 Å². The summed E-state index contributed by atoms with van der Waals surface area (Å²) < 4.78 is 27.3. The first-order valence-corrected chi connectivity index (χ1v) is 6.88. The summed E-state index contributed by atoms with van der Waals surface area (Å²) in [7, 11) is -1.82. The highest BCUT2D eigenvalue weighted by Gasteiger charge is 2.24. The second-order valence-corrected chi connectivity index (χ2v) is 6.82. The van der Waals surface area contributed by atoms with E-state index in [0.29, 0.717) is 12.4 Å². The zero-order chi connectivity index (χ0) is 12.3. The maximum atomic E-state index is 11.7. The smallest absolute Gasteiger partial charge is 0.202 e. The first-order chi connectivity index (χ1) is 6.62. The zero-order valence-electron chi connectivity index (χ0n) is 10.0. The number of alkyl halides is 1. The molecule has 0 saturated carbocycles. The van der Waals surface area contributed by atoms with Gasteiger partial charge in [-0.3, -0.25) is 0 Å². The summed E-state index contributed by atoms with van der Waals surface area (Å²) in [6.45, 7) is 7.82. The van der Waals surface area contributed by atoms with Crippen molar-refractivity contribution in [3.8, 4) is 0 Å². The molecule has 0 heterocycles. The van der Waals surface area contributed by atoms with Crippen LogP contribution in [0.5, 0.6) is 0 Å². The van der Waals surface area contributed by atoms with Crippen molar-refractivity contribution in [1.29, 1.82) is 0 Å². The quantitative estimate of drug-likeness (QED) is 0.731. The molecule has 0 aromatic carbocycles. The average Bonchev–Trinajstić information content (AvgIpc) is 2.14. The van der Waals surface area contributed by atoms with E-state index in [0.717, 1.165) is 0 Å². The molecular formula is C9H21ClN2O2S. The van der Waals surface area contributed by atoms with Crippen LogP contribution in [0.25, 0.3) is 0 Å². The SMILES string of the molecule is CC(C)N(C)S(=O)(=O)NCC(C)(C)CCl. The van der Waals surface area contributed by atoms with Crippen LogP contribution < -0.4 is 4.72 Å². The molecule has 6 heteroatoms. The molecule has 0 fully saturated rings. The highest BCUT2D eigenvalue weighted by Crippen LogP contribution is 2.16. The maximum absolute atomic E-state index is 11.7. The molecule has 0 aliphatic carbocycles. The van der Waals surface area contributed by atoms with Crippen molar-refractivity contribution in [2.75, 3.05) is 19.5 Å². The fraction of sp³-hybridized carbons (Fsp3) is 1.00. The van der Waals surface area contributed by atoms with E-state index in [9.17, 15) is 8.42 Å². The zero-order valence-corrected chi connectivity index (χ0v) is 11.6. The van der Waals surface area contributed by atoms with E-state index in [1.807, 2.05) is 27.7 Å². The third-order valence-corrected chi connectivity index (χ3v) is 4.61. The Balaban J connectivity index is 4.42. The van der Waals surface area contributed by atoms with Crippen LogP contribution in [-0.2, 0) is 10.2 Å². The average molecular weight is 257 g/mol. The summed E-state index contributed by atoms with van der Waals surface area (Å²) in [4.78, 5) is 0. The van der Waals surface area contributed by atoms with Gasteiger partial charge in [0.15, 0.2) is 0 Å². The van der Waals surface area contributed by atoms with Gasteiger partial charge in [-0.25, -0.2) is 4.72 Å². The molecule has 0 amide bonds. The minimum atomic E-state index is -3.38. The summed E-state index contributed by atoms with van der Waals surface area (Å²) in [6, 6.07) is -0.0541. The van der Waals surface area contributed by atoms with Gasteiger partial charge in [-0.05, 0) is 19.3 Å². The predicted molar refractivity (Wildman–Crippen MR) is 64.3 cm³/mol. The third kappa shape index (κ3) is 5.15. The van der Waals surface area contributed by atoms with Gasteiger partial charge in [0.05, 0.1) is 0 Å². The van der Waals surface area contributed by atoms with Crippen LogP contribution in [0.15, 0.2) is 0 Å². The molecule has 0 aliphatic heterocycles. The first-order valence-electron chi connectivity index (χ1n) is 4.91. The topological polar surface area (TPSA) is 49.4 Å². The second-order valence-electron chi connectivity index (χ2n) is 4.73. The molecule has 0 atom stereocenters. The summed E-state index contributed by atoms with van der Waals surface area (Å²) in [5.41, 5.74) is -0.230. The third-order valence-electron chi connectivity index (χ3n) is 2.20. The lowest BCUT2D eigenvalue weighted by Gasteiger charge is -2.26. The molecule has 92 valence electrons. The Morgan fingerprint density at radius 3 is 2.20 bits per heavy atom. The number of nitrogens with zero attached hydrogens (tertiary/aromatic N) is 1. The van der Waals surface area contributed by atoms with Crippen LogP contribution in [0, 0.1) is 5.41 Å². The molecule has 0 radical (unpaired) electrons.